The molecule has 0 aliphatic carbocycles. The van der Waals surface area contributed by atoms with Gasteiger partial charge in [-0.1, -0.05) is 24.3 Å². The maximum absolute atomic E-state index is 10.2. The summed E-state index contributed by atoms with van der Waals surface area (Å²) in [5.41, 5.74) is -0.356. The zero-order chi connectivity index (χ0) is 19.4. The number of hydrogen-bond donors (Lipinski definition) is 2. The molecule has 0 fully saturated rings. The first-order chi connectivity index (χ1) is 11.7. The van der Waals surface area contributed by atoms with E-state index >= 15 is 0 Å². The Morgan fingerprint density at radius 1 is 0.846 bits per heavy atom. The van der Waals surface area contributed by atoms with Crippen molar-refractivity contribution in [2.75, 3.05) is 14.1 Å². The molecule has 0 aliphatic rings. The van der Waals surface area contributed by atoms with Gasteiger partial charge in [0.2, 0.25) is 6.41 Å². The molecule has 2 N–H and O–H groups in total. The smallest absolute Gasteiger partial charge is 0.545 e. The zero-order valence-corrected chi connectivity index (χ0v) is 14.8. The van der Waals surface area contributed by atoms with Crippen molar-refractivity contribution >= 4 is 18.3 Å². The fourth-order valence-electron chi connectivity index (χ4n) is 1.29. The molecule has 0 atom stereocenters. The molecule has 2 aromatic rings. The van der Waals surface area contributed by atoms with E-state index in [1.807, 2.05) is 0 Å². The molecule has 9 heteroatoms. The van der Waals surface area contributed by atoms with Crippen molar-refractivity contribution in [1.82, 2.24) is 4.90 Å². The standard InChI is InChI=1S/2C7H6O3.C3H7NO.Cu/c2*8-6-4-2-1-3-5(6)7(9)10;1-4(2)3-5;/h2*1-4,8H,(H,9,10);3H,1-2H3;/q;;;+2/p-2. The Bertz CT molecular complexity index is 664. The molecule has 0 bridgehead atoms. The Balaban J connectivity index is 0. The summed E-state index contributed by atoms with van der Waals surface area (Å²) in [7, 11) is 3.38. The summed E-state index contributed by atoms with van der Waals surface area (Å²) in [4.78, 5) is 31.2. The van der Waals surface area contributed by atoms with Crippen molar-refractivity contribution in [1.29, 1.82) is 0 Å². The largest absolute Gasteiger partial charge is 2.00 e. The number of benzene rings is 2. The number of carbonyl (C=O) groups is 3. The zero-order valence-electron chi connectivity index (χ0n) is 13.9. The van der Waals surface area contributed by atoms with Gasteiger partial charge in [0.05, 0.1) is 11.9 Å². The molecule has 0 unspecified atom stereocenters. The van der Waals surface area contributed by atoms with E-state index in [4.69, 9.17) is 10.2 Å². The molecule has 143 valence electrons. The van der Waals surface area contributed by atoms with Gasteiger partial charge in [-0.2, -0.15) is 0 Å². The van der Waals surface area contributed by atoms with Crippen LogP contribution in [0.25, 0.3) is 0 Å². The third-order valence-corrected chi connectivity index (χ3v) is 2.46. The molecule has 2 rings (SSSR count). The predicted molar refractivity (Wildman–Crippen MR) is 84.6 cm³/mol. The van der Waals surface area contributed by atoms with Gasteiger partial charge < -0.3 is 34.9 Å². The number of carboxylic acids is 2. The van der Waals surface area contributed by atoms with Crippen LogP contribution in [0.3, 0.4) is 0 Å². The van der Waals surface area contributed by atoms with Crippen LogP contribution in [-0.4, -0.2) is 47.6 Å². The van der Waals surface area contributed by atoms with Crippen molar-refractivity contribution in [2.45, 2.75) is 0 Å². The van der Waals surface area contributed by atoms with Gasteiger partial charge in [0.1, 0.15) is 11.5 Å². The second-order valence-electron chi connectivity index (χ2n) is 4.68. The second kappa shape index (κ2) is 13.3. The number of rotatable bonds is 3. The Hall–Kier alpha value is -3.03. The minimum absolute atomic E-state index is 0. The number of amides is 1. The molecule has 0 aromatic heterocycles. The van der Waals surface area contributed by atoms with E-state index in [2.05, 4.69) is 0 Å². The van der Waals surface area contributed by atoms with Gasteiger partial charge in [-0.15, -0.1) is 0 Å². The number of carboxylic acid groups (broad SMARTS) is 2. The van der Waals surface area contributed by atoms with Crippen LogP contribution in [0.5, 0.6) is 11.5 Å². The molecule has 26 heavy (non-hydrogen) atoms. The van der Waals surface area contributed by atoms with Gasteiger partial charge in [0, 0.05) is 25.2 Å². The fraction of sp³-hybridized carbons (Fsp3) is 0.118. The van der Waals surface area contributed by atoms with Crippen molar-refractivity contribution in [3.05, 3.63) is 59.7 Å². The first-order valence-electron chi connectivity index (χ1n) is 6.81. The SMILES string of the molecule is CN(C)C=O.O=C([O-])c1ccccc1O.O=C([O-])c1ccccc1O.[Cu+2]. The first-order valence-corrected chi connectivity index (χ1v) is 6.81. The summed E-state index contributed by atoms with van der Waals surface area (Å²) in [5.74, 6) is -3.25. The Kier molecular flexibility index (Phi) is 12.9. The summed E-state index contributed by atoms with van der Waals surface area (Å²) < 4.78 is 0. The van der Waals surface area contributed by atoms with Crippen LogP contribution >= 0.6 is 0 Å². The monoisotopic (exact) mass is 410 g/mol. The summed E-state index contributed by atoms with van der Waals surface area (Å²) >= 11 is 0. The number of para-hydroxylation sites is 2. The van der Waals surface area contributed by atoms with E-state index in [9.17, 15) is 24.6 Å². The fourth-order valence-corrected chi connectivity index (χ4v) is 1.29. The summed E-state index contributed by atoms with van der Waals surface area (Å²) in [5, 5.41) is 38.0. The van der Waals surface area contributed by atoms with Gasteiger partial charge in [0.15, 0.2) is 0 Å². The summed E-state index contributed by atoms with van der Waals surface area (Å²) in [6.45, 7) is 0. The molecule has 0 saturated carbocycles. The third kappa shape index (κ3) is 9.96. The van der Waals surface area contributed by atoms with Crippen molar-refractivity contribution in [2.24, 2.45) is 0 Å². The van der Waals surface area contributed by atoms with Gasteiger partial charge in [0.25, 0.3) is 0 Å². The van der Waals surface area contributed by atoms with E-state index in [0.29, 0.717) is 0 Å². The Labute approximate surface area is 160 Å². The average molecular weight is 411 g/mol. The average Bonchev–Trinajstić information content (AvgIpc) is 2.56. The molecule has 1 radical (unpaired) electrons. The molecule has 0 saturated heterocycles. The van der Waals surface area contributed by atoms with E-state index in [1.54, 1.807) is 26.2 Å². The number of nitrogens with zero attached hydrogens (tertiary/aromatic N) is 1. The van der Waals surface area contributed by atoms with Crippen LogP contribution in [0.1, 0.15) is 20.7 Å². The van der Waals surface area contributed by atoms with E-state index in [1.165, 1.54) is 41.3 Å². The second-order valence-corrected chi connectivity index (χ2v) is 4.68. The van der Waals surface area contributed by atoms with Crippen molar-refractivity contribution in [3.63, 3.8) is 0 Å². The number of aromatic hydroxyl groups is 2. The van der Waals surface area contributed by atoms with Gasteiger partial charge in [-0.3, -0.25) is 4.79 Å². The minimum atomic E-state index is -1.36. The quantitative estimate of drug-likeness (QED) is 0.499. The number of carbonyl (C=O) groups excluding carboxylic acids is 3. The van der Waals surface area contributed by atoms with E-state index < -0.39 is 11.9 Å². The van der Waals surface area contributed by atoms with Crippen LogP contribution < -0.4 is 10.2 Å². The molecule has 2 aromatic carbocycles. The van der Waals surface area contributed by atoms with Crippen LogP contribution in [-0.2, 0) is 21.9 Å². The van der Waals surface area contributed by atoms with E-state index in [-0.39, 0.29) is 39.7 Å². The van der Waals surface area contributed by atoms with Crippen molar-refractivity contribution < 1.29 is 51.9 Å². The van der Waals surface area contributed by atoms with Gasteiger partial charge in [-0.05, 0) is 24.3 Å². The first kappa shape index (κ1) is 25.2. The normalized spacial score (nSPS) is 8.38. The molecule has 1 amide bonds. The van der Waals surface area contributed by atoms with E-state index in [0.717, 1.165) is 6.41 Å². The van der Waals surface area contributed by atoms with Gasteiger partial charge >= 0.3 is 17.1 Å². The van der Waals surface area contributed by atoms with Gasteiger partial charge in [-0.25, -0.2) is 0 Å². The molecule has 0 spiro atoms. The number of aromatic carboxylic acids is 2. The Morgan fingerprint density at radius 2 is 1.12 bits per heavy atom. The number of hydrogen-bond acceptors (Lipinski definition) is 7. The molecule has 0 aliphatic heterocycles. The molecular weight excluding hydrogens is 394 g/mol. The van der Waals surface area contributed by atoms with Crippen LogP contribution in [0, 0.1) is 0 Å². The predicted octanol–water partition coefficient (Wildman–Crippen LogP) is -0.787. The van der Waals surface area contributed by atoms with Crippen LogP contribution in [0.2, 0.25) is 0 Å². The molecular formula is C17H17CuNO7. The van der Waals surface area contributed by atoms with Crippen molar-refractivity contribution in [3.8, 4) is 11.5 Å². The number of phenols is 2. The molecule has 0 heterocycles. The maximum atomic E-state index is 10.2. The summed E-state index contributed by atoms with van der Waals surface area (Å²) in [6.07, 6.45) is 0.750. The summed E-state index contributed by atoms with van der Waals surface area (Å²) in [6, 6.07) is 11.3. The molecule has 8 nitrogen and oxygen atoms in total. The minimum Gasteiger partial charge on any atom is -0.545 e. The van der Waals surface area contributed by atoms with Crippen LogP contribution in [0.15, 0.2) is 48.5 Å². The maximum Gasteiger partial charge on any atom is 2.00 e. The third-order valence-electron chi connectivity index (χ3n) is 2.46. The topological polar surface area (TPSA) is 141 Å². The van der Waals surface area contributed by atoms with Crippen LogP contribution in [0.4, 0.5) is 0 Å². The Morgan fingerprint density at radius 3 is 1.27 bits per heavy atom.